The van der Waals surface area contributed by atoms with Gasteiger partial charge in [0.15, 0.2) is 0 Å². The topological polar surface area (TPSA) is 95.7 Å². The SMILES string of the molecule is NC(CC(=O)O)C(=O)Nc1ccccc1N1CCCC1. The second kappa shape index (κ2) is 6.38. The molecular formula is C14H19N3O3. The fraction of sp³-hybridized carbons (Fsp3) is 0.429. The van der Waals surface area contributed by atoms with E-state index < -0.39 is 17.9 Å². The maximum atomic E-state index is 11.9. The maximum absolute atomic E-state index is 11.9. The van der Waals surface area contributed by atoms with E-state index in [0.29, 0.717) is 5.69 Å². The zero-order valence-electron chi connectivity index (χ0n) is 11.2. The molecule has 20 heavy (non-hydrogen) atoms. The Hall–Kier alpha value is -2.08. The Morgan fingerprint density at radius 2 is 1.95 bits per heavy atom. The second-order valence-electron chi connectivity index (χ2n) is 4.90. The molecular weight excluding hydrogens is 258 g/mol. The number of aliphatic carboxylic acids is 1. The summed E-state index contributed by atoms with van der Waals surface area (Å²) in [6, 6.07) is 6.46. The first kappa shape index (κ1) is 14.3. The Balaban J connectivity index is 2.08. The molecule has 1 amide bonds. The molecule has 6 heteroatoms. The van der Waals surface area contributed by atoms with Crippen LogP contribution in [0.1, 0.15) is 19.3 Å². The van der Waals surface area contributed by atoms with Gasteiger partial charge in [-0.3, -0.25) is 9.59 Å². The van der Waals surface area contributed by atoms with Crippen molar-refractivity contribution in [3.05, 3.63) is 24.3 Å². The predicted molar refractivity (Wildman–Crippen MR) is 76.7 cm³/mol. The normalized spacial score (nSPS) is 15.9. The number of carboxylic acids is 1. The van der Waals surface area contributed by atoms with Crippen LogP contribution in [0.4, 0.5) is 11.4 Å². The van der Waals surface area contributed by atoms with Gasteiger partial charge in [-0.05, 0) is 25.0 Å². The number of nitrogens with one attached hydrogen (secondary N) is 1. The predicted octanol–water partition coefficient (Wildman–Crippen LogP) is 1.03. The van der Waals surface area contributed by atoms with E-state index in [2.05, 4.69) is 10.2 Å². The maximum Gasteiger partial charge on any atom is 0.305 e. The van der Waals surface area contributed by atoms with Gasteiger partial charge in [-0.15, -0.1) is 0 Å². The number of anilines is 2. The summed E-state index contributed by atoms with van der Waals surface area (Å²) in [4.78, 5) is 24.7. The minimum absolute atomic E-state index is 0.377. The van der Waals surface area contributed by atoms with Gasteiger partial charge in [0.2, 0.25) is 5.91 Å². The zero-order valence-corrected chi connectivity index (χ0v) is 11.2. The summed E-state index contributed by atoms with van der Waals surface area (Å²) in [7, 11) is 0. The molecule has 0 saturated carbocycles. The van der Waals surface area contributed by atoms with Crippen molar-refractivity contribution in [1.82, 2.24) is 0 Å². The average Bonchev–Trinajstić information content (AvgIpc) is 2.92. The van der Waals surface area contributed by atoms with Crippen LogP contribution in [-0.2, 0) is 9.59 Å². The summed E-state index contributed by atoms with van der Waals surface area (Å²) in [6.45, 7) is 1.93. The van der Waals surface area contributed by atoms with Crippen molar-refractivity contribution in [1.29, 1.82) is 0 Å². The third kappa shape index (κ3) is 3.48. The Morgan fingerprint density at radius 1 is 1.30 bits per heavy atom. The molecule has 0 radical (unpaired) electrons. The quantitative estimate of drug-likeness (QED) is 0.747. The highest BCUT2D eigenvalue weighted by Crippen LogP contribution is 2.28. The number of carbonyl (C=O) groups is 2. The second-order valence-corrected chi connectivity index (χ2v) is 4.90. The van der Waals surface area contributed by atoms with Gasteiger partial charge in [0.25, 0.3) is 0 Å². The molecule has 1 unspecified atom stereocenters. The number of para-hydroxylation sites is 2. The number of rotatable bonds is 5. The van der Waals surface area contributed by atoms with Crippen LogP contribution < -0.4 is 16.0 Å². The van der Waals surface area contributed by atoms with E-state index in [1.807, 2.05) is 18.2 Å². The van der Waals surface area contributed by atoms with Gasteiger partial charge in [-0.1, -0.05) is 12.1 Å². The lowest BCUT2D eigenvalue weighted by Gasteiger charge is -2.22. The van der Waals surface area contributed by atoms with Crippen molar-refractivity contribution < 1.29 is 14.7 Å². The third-order valence-electron chi connectivity index (χ3n) is 3.34. The van der Waals surface area contributed by atoms with Gasteiger partial charge < -0.3 is 21.1 Å². The lowest BCUT2D eigenvalue weighted by Crippen LogP contribution is -2.37. The molecule has 1 aliphatic rings. The van der Waals surface area contributed by atoms with Crippen molar-refractivity contribution in [2.24, 2.45) is 5.73 Å². The molecule has 0 spiro atoms. The summed E-state index contributed by atoms with van der Waals surface area (Å²) < 4.78 is 0. The highest BCUT2D eigenvalue weighted by molar-refractivity contribution is 5.99. The Morgan fingerprint density at radius 3 is 2.60 bits per heavy atom. The van der Waals surface area contributed by atoms with Crippen LogP contribution in [0, 0.1) is 0 Å². The molecule has 1 fully saturated rings. The summed E-state index contributed by atoms with van der Waals surface area (Å²) in [6.07, 6.45) is 1.90. The van der Waals surface area contributed by atoms with Crippen molar-refractivity contribution in [3.63, 3.8) is 0 Å². The van der Waals surface area contributed by atoms with Gasteiger partial charge in [0, 0.05) is 13.1 Å². The van der Waals surface area contributed by atoms with Gasteiger partial charge in [0.05, 0.1) is 23.8 Å². The highest BCUT2D eigenvalue weighted by atomic mass is 16.4. The fourth-order valence-corrected chi connectivity index (χ4v) is 2.32. The van der Waals surface area contributed by atoms with Crippen molar-refractivity contribution in [2.45, 2.75) is 25.3 Å². The number of nitrogens with zero attached hydrogens (tertiary/aromatic N) is 1. The van der Waals surface area contributed by atoms with Crippen LogP contribution >= 0.6 is 0 Å². The summed E-state index contributed by atoms with van der Waals surface area (Å²) >= 11 is 0. The van der Waals surface area contributed by atoms with Gasteiger partial charge in [-0.25, -0.2) is 0 Å². The molecule has 1 saturated heterocycles. The number of amides is 1. The number of hydrogen-bond donors (Lipinski definition) is 3. The van der Waals surface area contributed by atoms with Gasteiger partial charge in [-0.2, -0.15) is 0 Å². The minimum atomic E-state index is -1.08. The van der Waals surface area contributed by atoms with Crippen LogP contribution in [0.25, 0.3) is 0 Å². The molecule has 1 aliphatic heterocycles. The van der Waals surface area contributed by atoms with Crippen molar-refractivity contribution in [3.8, 4) is 0 Å². The summed E-state index contributed by atoms with van der Waals surface area (Å²) in [5.74, 6) is -1.56. The first-order valence-corrected chi connectivity index (χ1v) is 6.70. The van der Waals surface area contributed by atoms with E-state index in [4.69, 9.17) is 10.8 Å². The number of nitrogens with two attached hydrogens (primary N) is 1. The molecule has 6 nitrogen and oxygen atoms in total. The van der Waals surface area contributed by atoms with Crippen molar-refractivity contribution in [2.75, 3.05) is 23.3 Å². The minimum Gasteiger partial charge on any atom is -0.481 e. The van der Waals surface area contributed by atoms with E-state index in [-0.39, 0.29) is 6.42 Å². The highest BCUT2D eigenvalue weighted by Gasteiger charge is 2.20. The van der Waals surface area contributed by atoms with Crippen LogP contribution in [0.5, 0.6) is 0 Å². The third-order valence-corrected chi connectivity index (χ3v) is 3.34. The molecule has 0 aliphatic carbocycles. The largest absolute Gasteiger partial charge is 0.481 e. The van der Waals surface area contributed by atoms with Gasteiger partial charge >= 0.3 is 5.97 Å². The van der Waals surface area contributed by atoms with E-state index >= 15 is 0 Å². The van der Waals surface area contributed by atoms with E-state index in [1.54, 1.807) is 6.07 Å². The molecule has 1 heterocycles. The van der Waals surface area contributed by atoms with Crippen molar-refractivity contribution >= 4 is 23.3 Å². The number of carbonyl (C=O) groups excluding carboxylic acids is 1. The number of carboxylic acid groups (broad SMARTS) is 1. The first-order chi connectivity index (χ1) is 9.58. The molecule has 2 rings (SSSR count). The van der Waals surface area contributed by atoms with E-state index in [0.717, 1.165) is 31.6 Å². The molecule has 0 bridgehead atoms. The summed E-state index contributed by atoms with van der Waals surface area (Å²) in [5.41, 5.74) is 7.20. The molecule has 1 atom stereocenters. The van der Waals surface area contributed by atoms with Gasteiger partial charge in [0.1, 0.15) is 0 Å². The number of hydrogen-bond acceptors (Lipinski definition) is 4. The molecule has 1 aromatic rings. The van der Waals surface area contributed by atoms with E-state index in [1.165, 1.54) is 0 Å². The first-order valence-electron chi connectivity index (χ1n) is 6.70. The van der Waals surface area contributed by atoms with Crippen LogP contribution in [-0.4, -0.2) is 36.1 Å². The Labute approximate surface area is 117 Å². The monoisotopic (exact) mass is 277 g/mol. The summed E-state index contributed by atoms with van der Waals surface area (Å²) in [5, 5.41) is 11.4. The Bertz CT molecular complexity index is 498. The molecule has 108 valence electrons. The van der Waals surface area contributed by atoms with Crippen LogP contribution in [0.15, 0.2) is 24.3 Å². The molecule has 0 aromatic heterocycles. The fourth-order valence-electron chi connectivity index (χ4n) is 2.32. The molecule has 1 aromatic carbocycles. The van der Waals surface area contributed by atoms with Crippen LogP contribution in [0.2, 0.25) is 0 Å². The average molecular weight is 277 g/mol. The lowest BCUT2D eigenvalue weighted by molar-refractivity contribution is -0.138. The van der Waals surface area contributed by atoms with E-state index in [9.17, 15) is 9.59 Å². The smallest absolute Gasteiger partial charge is 0.305 e. The standard InChI is InChI=1S/C14H19N3O3/c15-10(9-13(18)19)14(20)16-11-5-1-2-6-12(11)17-7-3-4-8-17/h1-2,5-6,10H,3-4,7-9,15H2,(H,16,20)(H,18,19). The lowest BCUT2D eigenvalue weighted by atomic mass is 10.2. The zero-order chi connectivity index (χ0) is 14.5. The molecule has 4 N–H and O–H groups in total. The Kier molecular flexibility index (Phi) is 4.57. The van der Waals surface area contributed by atoms with Crippen LogP contribution in [0.3, 0.4) is 0 Å². The number of benzene rings is 1.